The summed E-state index contributed by atoms with van der Waals surface area (Å²) in [4.78, 5) is 25.4. The molecule has 8 heteroatoms. The van der Waals surface area contributed by atoms with Crippen LogP contribution < -0.4 is 14.9 Å². The molecule has 1 heterocycles. The predicted octanol–water partition coefficient (Wildman–Crippen LogP) is 1.66. The lowest BCUT2D eigenvalue weighted by Crippen LogP contribution is -2.28. The molecule has 1 aromatic carbocycles. The Balaban J connectivity index is 1.74. The molecule has 132 valence electrons. The molecular formula is C17H19N3O4S. The normalized spacial score (nSPS) is 10.2. The monoisotopic (exact) mass is 361 g/mol. The van der Waals surface area contributed by atoms with Gasteiger partial charge >= 0.3 is 5.97 Å². The molecule has 0 saturated carbocycles. The largest absolute Gasteiger partial charge is 0.618 e. The predicted molar refractivity (Wildman–Crippen MR) is 96.5 cm³/mol. The molecule has 0 aliphatic carbocycles. The Hall–Kier alpha value is -2.74. The summed E-state index contributed by atoms with van der Waals surface area (Å²) in [6.07, 6.45) is 1.35. The van der Waals surface area contributed by atoms with Gasteiger partial charge in [0, 0.05) is 37.6 Å². The number of amides is 1. The number of pyridine rings is 1. The van der Waals surface area contributed by atoms with Gasteiger partial charge in [-0.05, 0) is 42.1 Å². The SMILES string of the molecule is CN(C)c1ccc(NC(=O)COC(=O)CSc2cccc[n+]2[O-])cc1. The van der Waals surface area contributed by atoms with Crippen molar-refractivity contribution >= 4 is 35.0 Å². The van der Waals surface area contributed by atoms with Crippen molar-refractivity contribution < 1.29 is 19.1 Å². The number of aromatic nitrogens is 1. The summed E-state index contributed by atoms with van der Waals surface area (Å²) >= 11 is 1.05. The Morgan fingerprint density at radius 3 is 2.56 bits per heavy atom. The third kappa shape index (κ3) is 6.00. The highest BCUT2D eigenvalue weighted by Gasteiger charge is 2.12. The highest BCUT2D eigenvalue weighted by atomic mass is 32.2. The van der Waals surface area contributed by atoms with E-state index in [9.17, 15) is 14.8 Å². The first-order chi connectivity index (χ1) is 12.0. The summed E-state index contributed by atoms with van der Waals surface area (Å²) in [6, 6.07) is 12.2. The highest BCUT2D eigenvalue weighted by Crippen LogP contribution is 2.15. The van der Waals surface area contributed by atoms with Crippen molar-refractivity contribution in [2.24, 2.45) is 0 Å². The van der Waals surface area contributed by atoms with E-state index in [2.05, 4.69) is 5.32 Å². The Morgan fingerprint density at radius 2 is 1.92 bits per heavy atom. The number of benzene rings is 1. The molecule has 0 bridgehead atoms. The lowest BCUT2D eigenvalue weighted by molar-refractivity contribution is -0.645. The van der Waals surface area contributed by atoms with Crippen molar-refractivity contribution in [3.63, 3.8) is 0 Å². The van der Waals surface area contributed by atoms with Gasteiger partial charge in [-0.25, -0.2) is 0 Å². The van der Waals surface area contributed by atoms with Gasteiger partial charge in [0.2, 0.25) is 0 Å². The van der Waals surface area contributed by atoms with Crippen LogP contribution in [0.4, 0.5) is 11.4 Å². The van der Waals surface area contributed by atoms with Gasteiger partial charge in [0.25, 0.3) is 10.9 Å². The van der Waals surface area contributed by atoms with Crippen molar-refractivity contribution in [1.82, 2.24) is 0 Å². The lowest BCUT2D eigenvalue weighted by atomic mass is 10.2. The second-order valence-corrected chi connectivity index (χ2v) is 6.30. The number of hydrogen-bond acceptors (Lipinski definition) is 6. The summed E-state index contributed by atoms with van der Waals surface area (Å²) in [5.41, 5.74) is 1.63. The molecule has 0 aliphatic rings. The second-order valence-electron chi connectivity index (χ2n) is 5.30. The molecule has 0 aliphatic heterocycles. The topological polar surface area (TPSA) is 85.6 Å². The van der Waals surface area contributed by atoms with E-state index in [1.165, 1.54) is 6.20 Å². The minimum absolute atomic E-state index is 0.0446. The van der Waals surface area contributed by atoms with Crippen LogP contribution in [0.25, 0.3) is 0 Å². The zero-order valence-corrected chi connectivity index (χ0v) is 14.8. The average molecular weight is 361 g/mol. The number of esters is 1. The number of anilines is 2. The van der Waals surface area contributed by atoms with E-state index in [0.717, 1.165) is 17.4 Å². The minimum Gasteiger partial charge on any atom is -0.618 e. The fraction of sp³-hybridized carbons (Fsp3) is 0.235. The van der Waals surface area contributed by atoms with Gasteiger partial charge in [0.15, 0.2) is 12.8 Å². The van der Waals surface area contributed by atoms with Crippen molar-refractivity contribution in [1.29, 1.82) is 0 Å². The number of thioether (sulfide) groups is 1. The van der Waals surface area contributed by atoms with Crippen LogP contribution in [0.2, 0.25) is 0 Å². The summed E-state index contributed by atoms with van der Waals surface area (Å²) in [5, 5.41) is 14.5. The first-order valence-electron chi connectivity index (χ1n) is 7.49. The standard InChI is InChI=1S/C17H19N3O4S/c1-19(2)14-8-6-13(7-9-14)18-15(21)11-24-17(22)12-25-16-5-3-4-10-20(16)23/h3-10H,11-12H2,1-2H3,(H,18,21). The summed E-state index contributed by atoms with van der Waals surface area (Å²) < 4.78 is 5.58. The van der Waals surface area contributed by atoms with Crippen molar-refractivity contribution in [3.8, 4) is 0 Å². The van der Waals surface area contributed by atoms with E-state index in [1.807, 2.05) is 31.1 Å². The average Bonchev–Trinajstić information content (AvgIpc) is 2.59. The molecule has 0 unspecified atom stereocenters. The van der Waals surface area contributed by atoms with Gasteiger partial charge in [-0.1, -0.05) is 0 Å². The Labute approximate surface area is 150 Å². The molecule has 2 rings (SSSR count). The number of ether oxygens (including phenoxy) is 1. The molecule has 1 N–H and O–H groups in total. The molecule has 7 nitrogen and oxygen atoms in total. The molecule has 1 aromatic heterocycles. The lowest BCUT2D eigenvalue weighted by Gasteiger charge is -2.13. The Morgan fingerprint density at radius 1 is 1.20 bits per heavy atom. The fourth-order valence-electron chi connectivity index (χ4n) is 1.88. The molecule has 0 spiro atoms. The van der Waals surface area contributed by atoms with Crippen LogP contribution in [0.5, 0.6) is 0 Å². The van der Waals surface area contributed by atoms with Crippen molar-refractivity contribution in [2.75, 3.05) is 36.7 Å². The molecular weight excluding hydrogens is 342 g/mol. The van der Waals surface area contributed by atoms with Crippen LogP contribution in [-0.4, -0.2) is 38.3 Å². The van der Waals surface area contributed by atoms with Crippen LogP contribution in [-0.2, 0) is 14.3 Å². The van der Waals surface area contributed by atoms with E-state index in [-0.39, 0.29) is 12.4 Å². The van der Waals surface area contributed by atoms with E-state index in [4.69, 9.17) is 4.74 Å². The molecule has 0 saturated heterocycles. The quantitative estimate of drug-likeness (QED) is 0.349. The minimum atomic E-state index is -0.563. The van der Waals surface area contributed by atoms with E-state index >= 15 is 0 Å². The van der Waals surface area contributed by atoms with Gasteiger partial charge in [-0.15, -0.1) is 0 Å². The third-order valence-corrected chi connectivity index (χ3v) is 4.15. The van der Waals surface area contributed by atoms with Gasteiger partial charge in [0.05, 0.1) is 0 Å². The van der Waals surface area contributed by atoms with Gasteiger partial charge in [-0.2, -0.15) is 4.73 Å². The third-order valence-electron chi connectivity index (χ3n) is 3.16. The van der Waals surface area contributed by atoms with Gasteiger partial charge < -0.3 is 20.2 Å². The molecule has 1 amide bonds. The molecule has 0 radical (unpaired) electrons. The molecule has 0 atom stereocenters. The van der Waals surface area contributed by atoms with E-state index in [1.54, 1.807) is 30.3 Å². The van der Waals surface area contributed by atoms with Crippen LogP contribution in [0, 0.1) is 5.21 Å². The Bertz CT molecular complexity index is 735. The Kier molecular flexibility index (Phi) is 6.64. The molecule has 0 fully saturated rings. The van der Waals surface area contributed by atoms with Crippen molar-refractivity contribution in [2.45, 2.75) is 5.03 Å². The smallest absolute Gasteiger partial charge is 0.317 e. The maximum Gasteiger partial charge on any atom is 0.317 e. The second kappa shape index (κ2) is 8.93. The summed E-state index contributed by atoms with van der Waals surface area (Å²) in [6.45, 7) is -0.374. The molecule has 2 aromatic rings. The van der Waals surface area contributed by atoms with Crippen molar-refractivity contribution in [3.05, 3.63) is 53.9 Å². The zero-order chi connectivity index (χ0) is 18.2. The van der Waals surface area contributed by atoms with E-state index in [0.29, 0.717) is 15.4 Å². The number of nitrogens with zero attached hydrogens (tertiary/aromatic N) is 2. The molecule has 25 heavy (non-hydrogen) atoms. The number of nitrogens with one attached hydrogen (secondary N) is 1. The zero-order valence-electron chi connectivity index (χ0n) is 14.0. The van der Waals surface area contributed by atoms with Crippen LogP contribution in [0.15, 0.2) is 53.7 Å². The first kappa shape index (κ1) is 18.6. The number of carbonyl (C=O) groups excluding carboxylic acids is 2. The maximum atomic E-state index is 11.8. The fourth-order valence-corrected chi connectivity index (χ4v) is 2.60. The summed E-state index contributed by atoms with van der Waals surface area (Å²) in [7, 11) is 3.85. The summed E-state index contributed by atoms with van der Waals surface area (Å²) in [5.74, 6) is -1.03. The number of rotatable bonds is 7. The van der Waals surface area contributed by atoms with Gasteiger partial charge in [0.1, 0.15) is 5.75 Å². The first-order valence-corrected chi connectivity index (χ1v) is 8.48. The highest BCUT2D eigenvalue weighted by molar-refractivity contribution is 7.99. The van der Waals surface area contributed by atoms with Gasteiger partial charge in [-0.3, -0.25) is 9.59 Å². The number of hydrogen-bond donors (Lipinski definition) is 1. The maximum absolute atomic E-state index is 11.8. The van der Waals surface area contributed by atoms with Crippen LogP contribution in [0.3, 0.4) is 0 Å². The van der Waals surface area contributed by atoms with Crippen LogP contribution in [0.1, 0.15) is 0 Å². The number of carbonyl (C=O) groups is 2. The van der Waals surface area contributed by atoms with E-state index < -0.39 is 11.9 Å². The van der Waals surface area contributed by atoms with Crippen LogP contribution >= 0.6 is 11.8 Å².